The van der Waals surface area contributed by atoms with Crippen LogP contribution in [0.15, 0.2) is 47.2 Å². The molecule has 0 radical (unpaired) electrons. The lowest BCUT2D eigenvalue weighted by atomic mass is 10.1. The molecule has 0 N–H and O–H groups in total. The predicted molar refractivity (Wildman–Crippen MR) is 99.9 cm³/mol. The number of benzene rings is 1. The Kier molecular flexibility index (Phi) is 4.99. The van der Waals surface area contributed by atoms with Gasteiger partial charge >= 0.3 is 6.61 Å². The molecular formula is C20H16F2N4O3. The maximum atomic E-state index is 12.9. The third-order valence-corrected chi connectivity index (χ3v) is 4.75. The lowest BCUT2D eigenvalue weighted by molar-refractivity contribution is -0.0498. The number of halogens is 2. The summed E-state index contributed by atoms with van der Waals surface area (Å²) in [5.41, 5.74) is 2.36. The van der Waals surface area contributed by atoms with E-state index in [9.17, 15) is 13.6 Å². The van der Waals surface area contributed by atoms with Gasteiger partial charge in [0.1, 0.15) is 11.3 Å². The first kappa shape index (κ1) is 18.7. The predicted octanol–water partition coefficient (Wildman–Crippen LogP) is 3.26. The number of fused-ring (bicyclic) bond motifs is 1. The lowest BCUT2D eigenvalue weighted by Gasteiger charge is -2.36. The van der Waals surface area contributed by atoms with Crippen molar-refractivity contribution < 1.29 is 22.7 Å². The number of nitrogens with zero attached hydrogens (tertiary/aromatic N) is 4. The molecule has 3 aromatic rings. The van der Waals surface area contributed by atoms with Crippen LogP contribution in [0.5, 0.6) is 5.75 Å². The maximum absolute atomic E-state index is 12.9. The van der Waals surface area contributed by atoms with Crippen molar-refractivity contribution in [2.75, 3.05) is 31.1 Å². The second-order valence-electron chi connectivity index (χ2n) is 6.48. The first-order chi connectivity index (χ1) is 14.0. The number of rotatable bonds is 4. The average Bonchev–Trinajstić information content (AvgIpc) is 3.21. The number of hydrogen-bond donors (Lipinski definition) is 0. The minimum atomic E-state index is -2.97. The first-order valence-corrected chi connectivity index (χ1v) is 8.91. The summed E-state index contributed by atoms with van der Waals surface area (Å²) in [5, 5.41) is 9.15. The smallest absolute Gasteiger partial charge is 0.387 e. The number of furan rings is 1. The number of pyridine rings is 1. The van der Waals surface area contributed by atoms with E-state index < -0.39 is 6.61 Å². The fourth-order valence-corrected chi connectivity index (χ4v) is 3.38. The van der Waals surface area contributed by atoms with Crippen LogP contribution in [0.2, 0.25) is 0 Å². The molecule has 1 saturated heterocycles. The largest absolute Gasteiger partial charge is 0.462 e. The van der Waals surface area contributed by atoms with Gasteiger partial charge in [0.2, 0.25) is 0 Å². The number of alkyl halides is 2. The van der Waals surface area contributed by atoms with E-state index in [2.05, 4.69) is 9.72 Å². The molecule has 1 amide bonds. The zero-order valence-electron chi connectivity index (χ0n) is 15.2. The van der Waals surface area contributed by atoms with Gasteiger partial charge in [0.25, 0.3) is 5.91 Å². The quantitative estimate of drug-likeness (QED) is 0.671. The first-order valence-electron chi connectivity index (χ1n) is 8.91. The number of carbonyl (C=O) groups excluding carboxylic acids is 1. The van der Waals surface area contributed by atoms with E-state index in [1.807, 2.05) is 11.0 Å². The highest BCUT2D eigenvalue weighted by Crippen LogP contribution is 2.27. The summed E-state index contributed by atoms with van der Waals surface area (Å²) in [7, 11) is 0. The summed E-state index contributed by atoms with van der Waals surface area (Å²) in [6, 6.07) is 9.64. The number of carbonyl (C=O) groups is 1. The van der Waals surface area contributed by atoms with E-state index in [0.29, 0.717) is 48.5 Å². The molecule has 148 valence electrons. The average molecular weight is 398 g/mol. The second-order valence-corrected chi connectivity index (χ2v) is 6.48. The van der Waals surface area contributed by atoms with Crippen LogP contribution in [0.25, 0.3) is 11.1 Å². The van der Waals surface area contributed by atoms with Crippen molar-refractivity contribution in [3.63, 3.8) is 0 Å². The number of amides is 1. The van der Waals surface area contributed by atoms with Crippen molar-refractivity contribution in [3.8, 4) is 11.8 Å². The van der Waals surface area contributed by atoms with Crippen LogP contribution in [-0.4, -0.2) is 48.6 Å². The molecule has 0 unspecified atom stereocenters. The van der Waals surface area contributed by atoms with Gasteiger partial charge in [0, 0.05) is 50.2 Å². The minimum absolute atomic E-state index is 0.0652. The molecule has 2 aromatic heterocycles. The highest BCUT2D eigenvalue weighted by molar-refractivity contribution is 6.03. The van der Waals surface area contributed by atoms with Gasteiger partial charge in [-0.3, -0.25) is 9.78 Å². The van der Waals surface area contributed by atoms with Crippen molar-refractivity contribution in [1.82, 2.24) is 9.88 Å². The molecule has 1 aromatic carbocycles. The van der Waals surface area contributed by atoms with Crippen LogP contribution < -0.4 is 9.64 Å². The van der Waals surface area contributed by atoms with Crippen LogP contribution in [0.4, 0.5) is 14.5 Å². The Labute approximate surface area is 164 Å². The summed E-state index contributed by atoms with van der Waals surface area (Å²) < 4.78 is 34.9. The standard InChI is InChI=1S/C20H16F2N4O3/c21-20(22)29-15-10-13(12-23)9-14(11-15)25-4-6-26(7-5-25)19(27)16-1-3-24-17-2-8-28-18(16)17/h1-3,8-11,20H,4-7H2. The molecule has 3 heterocycles. The summed E-state index contributed by atoms with van der Waals surface area (Å²) in [4.78, 5) is 20.7. The van der Waals surface area contributed by atoms with E-state index >= 15 is 0 Å². The molecular weight excluding hydrogens is 382 g/mol. The highest BCUT2D eigenvalue weighted by Gasteiger charge is 2.25. The normalized spacial score (nSPS) is 14.3. The van der Waals surface area contributed by atoms with E-state index in [1.54, 1.807) is 29.3 Å². The number of anilines is 1. The summed E-state index contributed by atoms with van der Waals surface area (Å²) in [5.74, 6) is -0.218. The molecule has 29 heavy (non-hydrogen) atoms. The number of nitriles is 1. The van der Waals surface area contributed by atoms with E-state index in [0.717, 1.165) is 0 Å². The summed E-state index contributed by atoms with van der Waals surface area (Å²) >= 11 is 0. The Morgan fingerprint density at radius 1 is 1.21 bits per heavy atom. The third kappa shape index (κ3) is 3.82. The SMILES string of the molecule is N#Cc1cc(OC(F)F)cc(N2CCN(C(=O)c3ccnc4ccoc34)CC2)c1. The van der Waals surface area contributed by atoms with Crippen molar-refractivity contribution >= 4 is 22.7 Å². The highest BCUT2D eigenvalue weighted by atomic mass is 19.3. The number of ether oxygens (including phenoxy) is 1. The topological polar surface area (TPSA) is 82.6 Å². The van der Waals surface area contributed by atoms with Gasteiger partial charge in [-0.1, -0.05) is 0 Å². The monoisotopic (exact) mass is 398 g/mol. The van der Waals surface area contributed by atoms with Gasteiger partial charge in [-0.15, -0.1) is 0 Å². The van der Waals surface area contributed by atoms with Crippen molar-refractivity contribution in [3.05, 3.63) is 53.9 Å². The molecule has 1 fully saturated rings. The Bertz CT molecular complexity index is 1080. The summed E-state index contributed by atoms with van der Waals surface area (Å²) in [6.45, 7) is -1.12. The van der Waals surface area contributed by atoms with Gasteiger partial charge in [-0.2, -0.15) is 14.0 Å². The number of hydrogen-bond acceptors (Lipinski definition) is 6. The number of aromatic nitrogens is 1. The van der Waals surface area contributed by atoms with Crippen LogP contribution in [0.3, 0.4) is 0 Å². The third-order valence-electron chi connectivity index (χ3n) is 4.75. The van der Waals surface area contributed by atoms with Crippen molar-refractivity contribution in [2.24, 2.45) is 0 Å². The fraction of sp³-hybridized carbons (Fsp3) is 0.250. The van der Waals surface area contributed by atoms with E-state index in [-0.39, 0.29) is 17.2 Å². The molecule has 1 aliphatic heterocycles. The molecule has 1 aliphatic rings. The van der Waals surface area contributed by atoms with Crippen LogP contribution in [0, 0.1) is 11.3 Å². The zero-order valence-corrected chi connectivity index (χ0v) is 15.2. The zero-order chi connectivity index (χ0) is 20.4. The minimum Gasteiger partial charge on any atom is -0.462 e. The van der Waals surface area contributed by atoms with E-state index in [4.69, 9.17) is 9.68 Å². The van der Waals surface area contributed by atoms with Gasteiger partial charge in [0.05, 0.1) is 23.5 Å². The molecule has 0 aliphatic carbocycles. The van der Waals surface area contributed by atoms with Crippen LogP contribution in [0.1, 0.15) is 15.9 Å². The van der Waals surface area contributed by atoms with Crippen LogP contribution in [-0.2, 0) is 0 Å². The second kappa shape index (κ2) is 7.75. The van der Waals surface area contributed by atoms with Gasteiger partial charge < -0.3 is 19.0 Å². The van der Waals surface area contributed by atoms with Gasteiger partial charge in [-0.25, -0.2) is 0 Å². The Morgan fingerprint density at radius 2 is 2.00 bits per heavy atom. The van der Waals surface area contributed by atoms with Gasteiger partial charge in [0.15, 0.2) is 5.58 Å². The molecule has 0 spiro atoms. The van der Waals surface area contributed by atoms with Gasteiger partial charge in [-0.05, 0) is 18.2 Å². The maximum Gasteiger partial charge on any atom is 0.387 e. The van der Waals surface area contributed by atoms with Crippen molar-refractivity contribution in [2.45, 2.75) is 6.61 Å². The van der Waals surface area contributed by atoms with Crippen LogP contribution >= 0.6 is 0 Å². The molecule has 0 atom stereocenters. The Hall–Kier alpha value is -3.67. The van der Waals surface area contributed by atoms with E-state index in [1.165, 1.54) is 18.4 Å². The molecule has 9 heteroatoms. The summed E-state index contributed by atoms with van der Waals surface area (Å²) in [6.07, 6.45) is 3.06. The van der Waals surface area contributed by atoms with Crippen molar-refractivity contribution in [1.29, 1.82) is 5.26 Å². The number of piperazine rings is 1. The lowest BCUT2D eigenvalue weighted by Crippen LogP contribution is -2.48. The molecule has 0 saturated carbocycles. The molecule has 4 rings (SSSR count). The Balaban J connectivity index is 1.49. The fourth-order valence-electron chi connectivity index (χ4n) is 3.38. The molecule has 7 nitrogen and oxygen atoms in total. The Morgan fingerprint density at radius 3 is 2.72 bits per heavy atom. The molecule has 0 bridgehead atoms.